The number of methoxy groups -OCH3 is 1. The van der Waals surface area contributed by atoms with Gasteiger partial charge in [-0.3, -0.25) is 4.79 Å². The first-order valence-corrected chi connectivity index (χ1v) is 14.4. The number of carbonyl (C=O) groups is 1. The molecule has 12 heteroatoms. The predicted molar refractivity (Wildman–Crippen MR) is 168 cm³/mol. The van der Waals surface area contributed by atoms with Crippen molar-refractivity contribution in [2.24, 2.45) is 11.0 Å². The van der Waals surface area contributed by atoms with Gasteiger partial charge in [0.05, 0.1) is 26.5 Å². The molecule has 0 bridgehead atoms. The fraction of sp³-hybridized carbons (Fsp3) is 0.250. The number of ether oxygens (including phenoxy) is 2. The predicted octanol–water partition coefficient (Wildman–Crippen LogP) is 6.77. The fourth-order valence-electron chi connectivity index (χ4n) is 5.29. The number of carbonyl (C=O) groups excluding carboxylic acids is 1. The van der Waals surface area contributed by atoms with Crippen molar-refractivity contribution in [2.75, 3.05) is 25.6 Å². The van der Waals surface area contributed by atoms with Gasteiger partial charge in [0.15, 0.2) is 10.8 Å². The van der Waals surface area contributed by atoms with E-state index in [1.165, 1.54) is 0 Å². The van der Waals surface area contributed by atoms with Crippen molar-refractivity contribution in [2.45, 2.75) is 25.4 Å². The number of rotatable bonds is 13. The van der Waals surface area contributed by atoms with Crippen LogP contribution in [0.1, 0.15) is 30.0 Å². The Bertz CT molecular complexity index is 1740. The van der Waals surface area contributed by atoms with E-state index in [-0.39, 0.29) is 42.6 Å². The molecule has 44 heavy (non-hydrogen) atoms. The summed E-state index contributed by atoms with van der Waals surface area (Å²) in [6.45, 7) is 2.39. The lowest BCUT2D eigenvalue weighted by Crippen LogP contribution is -2.38. The minimum absolute atomic E-state index is 0.0669. The van der Waals surface area contributed by atoms with Crippen molar-refractivity contribution in [1.29, 1.82) is 0 Å². The SMILES string of the molecule is CCOC(=O)CC(CN=[N+]=[N-])Cn1cnc2c(Cl)nc(NC(c3ccccc3)(c3ccccc3)c3cccc(OC)c3)nc21. The zero-order chi connectivity index (χ0) is 30.9. The summed E-state index contributed by atoms with van der Waals surface area (Å²) in [6.07, 6.45) is 1.66. The molecule has 224 valence electrons. The molecule has 0 aliphatic rings. The smallest absolute Gasteiger partial charge is 0.306 e. The van der Waals surface area contributed by atoms with E-state index in [1.54, 1.807) is 24.9 Å². The molecule has 0 saturated heterocycles. The maximum absolute atomic E-state index is 12.3. The van der Waals surface area contributed by atoms with Crippen LogP contribution < -0.4 is 10.1 Å². The van der Waals surface area contributed by atoms with Gasteiger partial charge in [0.25, 0.3) is 0 Å². The number of halogens is 1. The average molecular weight is 611 g/mol. The molecule has 1 N–H and O–H groups in total. The Morgan fingerprint density at radius 2 is 1.73 bits per heavy atom. The van der Waals surface area contributed by atoms with Crippen molar-refractivity contribution >= 4 is 34.7 Å². The van der Waals surface area contributed by atoms with E-state index in [1.807, 2.05) is 84.9 Å². The van der Waals surface area contributed by atoms with Crippen LogP contribution >= 0.6 is 11.6 Å². The van der Waals surface area contributed by atoms with Gasteiger partial charge < -0.3 is 19.4 Å². The zero-order valence-electron chi connectivity index (χ0n) is 24.3. The second kappa shape index (κ2) is 13.9. The summed E-state index contributed by atoms with van der Waals surface area (Å²) in [5, 5.41) is 7.50. The highest BCUT2D eigenvalue weighted by Crippen LogP contribution is 2.41. The fourth-order valence-corrected chi connectivity index (χ4v) is 5.50. The van der Waals surface area contributed by atoms with E-state index in [4.69, 9.17) is 31.6 Å². The second-order valence-electron chi connectivity index (χ2n) is 10.0. The molecule has 0 saturated carbocycles. The van der Waals surface area contributed by atoms with Gasteiger partial charge in [-0.05, 0) is 47.2 Å². The Hall–Kier alpha value is -5.12. The largest absolute Gasteiger partial charge is 0.497 e. The second-order valence-corrected chi connectivity index (χ2v) is 10.4. The van der Waals surface area contributed by atoms with E-state index in [2.05, 4.69) is 25.3 Å². The lowest BCUT2D eigenvalue weighted by molar-refractivity contribution is -0.144. The van der Waals surface area contributed by atoms with Crippen molar-refractivity contribution in [3.05, 3.63) is 124 Å². The van der Waals surface area contributed by atoms with Crippen molar-refractivity contribution in [1.82, 2.24) is 19.5 Å². The lowest BCUT2D eigenvalue weighted by atomic mass is 9.77. The summed E-state index contributed by atoms with van der Waals surface area (Å²) in [4.78, 5) is 29.1. The Labute approximate surface area is 259 Å². The molecule has 11 nitrogen and oxygen atoms in total. The molecule has 5 rings (SSSR count). The van der Waals surface area contributed by atoms with Crippen LogP contribution in [-0.2, 0) is 21.6 Å². The van der Waals surface area contributed by atoms with E-state index < -0.39 is 5.54 Å². The van der Waals surface area contributed by atoms with Gasteiger partial charge in [-0.25, -0.2) is 4.98 Å². The van der Waals surface area contributed by atoms with E-state index >= 15 is 0 Å². The molecule has 0 spiro atoms. The van der Waals surface area contributed by atoms with Crippen molar-refractivity contribution in [3.63, 3.8) is 0 Å². The number of hydrogen-bond acceptors (Lipinski definition) is 8. The minimum Gasteiger partial charge on any atom is -0.497 e. The van der Waals surface area contributed by atoms with Gasteiger partial charge in [0.2, 0.25) is 5.95 Å². The van der Waals surface area contributed by atoms with E-state index in [9.17, 15) is 4.79 Å². The van der Waals surface area contributed by atoms with Crippen molar-refractivity contribution < 1.29 is 14.3 Å². The highest BCUT2D eigenvalue weighted by Gasteiger charge is 2.38. The minimum atomic E-state index is -0.952. The summed E-state index contributed by atoms with van der Waals surface area (Å²) in [7, 11) is 1.63. The van der Waals surface area contributed by atoms with Gasteiger partial charge in [-0.15, -0.1) is 0 Å². The Morgan fingerprint density at radius 3 is 2.36 bits per heavy atom. The Morgan fingerprint density at radius 1 is 1.05 bits per heavy atom. The monoisotopic (exact) mass is 610 g/mol. The number of nitrogens with one attached hydrogen (secondary N) is 1. The number of fused-ring (bicyclic) bond motifs is 1. The number of esters is 1. The number of imidazole rings is 1. The molecule has 0 aliphatic carbocycles. The molecule has 0 fully saturated rings. The van der Waals surface area contributed by atoms with Crippen LogP contribution in [0.2, 0.25) is 5.15 Å². The van der Waals surface area contributed by atoms with Gasteiger partial charge in [-0.2, -0.15) is 9.97 Å². The molecule has 0 aliphatic heterocycles. The number of anilines is 1. The molecular weight excluding hydrogens is 580 g/mol. The summed E-state index contributed by atoms with van der Waals surface area (Å²) in [5.74, 6) is 0.230. The van der Waals surface area contributed by atoms with Gasteiger partial charge >= 0.3 is 5.97 Å². The molecule has 1 unspecified atom stereocenters. The third-order valence-electron chi connectivity index (χ3n) is 7.26. The van der Waals surface area contributed by atoms with Crippen LogP contribution in [0.3, 0.4) is 0 Å². The lowest BCUT2D eigenvalue weighted by Gasteiger charge is -2.37. The summed E-state index contributed by atoms with van der Waals surface area (Å²) >= 11 is 6.71. The summed E-state index contributed by atoms with van der Waals surface area (Å²) < 4.78 is 12.5. The van der Waals surface area contributed by atoms with E-state index in [0.717, 1.165) is 16.7 Å². The molecule has 3 aromatic carbocycles. The van der Waals surface area contributed by atoms with Gasteiger partial charge in [0, 0.05) is 18.0 Å². The standard InChI is InChI=1S/C32H31ClN8O3/c1-3-44-27(42)17-22(19-36-40-34)20-41-21-35-28-29(33)37-31(38-30(28)41)39-32(23-11-6-4-7-12-23,24-13-8-5-9-14-24)25-15-10-16-26(18-25)43-2/h4-16,18,21-22H,3,17,19-20H2,1-2H3,(H,37,38,39). The Kier molecular flexibility index (Phi) is 9.59. The van der Waals surface area contributed by atoms with Crippen LogP contribution in [0.15, 0.2) is 96.4 Å². The zero-order valence-corrected chi connectivity index (χ0v) is 25.1. The number of benzene rings is 3. The molecule has 0 amide bonds. The summed E-state index contributed by atoms with van der Waals surface area (Å²) in [5.41, 5.74) is 11.6. The van der Waals surface area contributed by atoms with Crippen LogP contribution in [0, 0.1) is 5.92 Å². The topological polar surface area (TPSA) is 140 Å². The highest BCUT2D eigenvalue weighted by molar-refractivity contribution is 6.33. The highest BCUT2D eigenvalue weighted by atomic mass is 35.5. The molecule has 2 heterocycles. The average Bonchev–Trinajstić information content (AvgIpc) is 3.46. The van der Waals surface area contributed by atoms with Gasteiger partial charge in [0.1, 0.15) is 16.8 Å². The van der Waals surface area contributed by atoms with Crippen LogP contribution in [0.4, 0.5) is 5.95 Å². The number of hydrogen-bond donors (Lipinski definition) is 1. The number of azide groups is 1. The quantitative estimate of drug-likeness (QED) is 0.0387. The molecule has 1 atom stereocenters. The first-order valence-electron chi connectivity index (χ1n) is 14.1. The normalized spacial score (nSPS) is 11.9. The van der Waals surface area contributed by atoms with Crippen molar-refractivity contribution in [3.8, 4) is 5.75 Å². The molecule has 2 aromatic heterocycles. The third kappa shape index (κ3) is 6.44. The maximum atomic E-state index is 12.3. The van der Waals surface area contributed by atoms with Crippen LogP contribution in [-0.4, -0.2) is 45.7 Å². The first kappa shape index (κ1) is 30.3. The third-order valence-corrected chi connectivity index (χ3v) is 7.52. The number of nitrogens with zero attached hydrogens (tertiary/aromatic N) is 7. The summed E-state index contributed by atoms with van der Waals surface area (Å²) in [6, 6.07) is 27.9. The van der Waals surface area contributed by atoms with Crippen LogP contribution in [0.5, 0.6) is 5.75 Å². The number of aromatic nitrogens is 4. The molecular formula is C32H31ClN8O3. The van der Waals surface area contributed by atoms with Gasteiger partial charge in [-0.1, -0.05) is 89.5 Å². The molecule has 5 aromatic rings. The maximum Gasteiger partial charge on any atom is 0.306 e. The first-order chi connectivity index (χ1) is 21.5. The Balaban J connectivity index is 1.64. The van der Waals surface area contributed by atoms with E-state index in [0.29, 0.717) is 23.5 Å². The van der Waals surface area contributed by atoms with Crippen LogP contribution in [0.25, 0.3) is 21.6 Å². The molecule has 0 radical (unpaired) electrons.